The van der Waals surface area contributed by atoms with E-state index in [-0.39, 0.29) is 0 Å². The van der Waals surface area contributed by atoms with Crippen LogP contribution in [0, 0.1) is 6.92 Å². The molecule has 1 aliphatic heterocycles. The van der Waals surface area contributed by atoms with Crippen molar-refractivity contribution in [3.05, 3.63) is 53.7 Å². The van der Waals surface area contributed by atoms with Gasteiger partial charge in [-0.15, -0.1) is 0 Å². The average molecular weight is 322 g/mol. The highest BCUT2D eigenvalue weighted by Crippen LogP contribution is 2.26. The molecule has 2 N–H and O–H groups in total. The second kappa shape index (κ2) is 6.61. The highest BCUT2D eigenvalue weighted by molar-refractivity contribution is 5.81. The molecule has 0 spiro atoms. The number of benzene rings is 1. The molecule has 0 bridgehead atoms. The first-order chi connectivity index (χ1) is 11.8. The van der Waals surface area contributed by atoms with E-state index >= 15 is 0 Å². The summed E-state index contributed by atoms with van der Waals surface area (Å²) in [5, 5.41) is 7.99. The number of aryl methyl sites for hydroxylation is 1. The second-order valence-electron chi connectivity index (χ2n) is 6.37. The Balaban J connectivity index is 1.49. The van der Waals surface area contributed by atoms with Gasteiger partial charge < -0.3 is 15.1 Å². The van der Waals surface area contributed by atoms with E-state index in [0.29, 0.717) is 12.5 Å². The molecule has 3 heterocycles. The van der Waals surface area contributed by atoms with Crippen LogP contribution in [0.3, 0.4) is 0 Å². The summed E-state index contributed by atoms with van der Waals surface area (Å²) in [6.07, 6.45) is 4.04. The monoisotopic (exact) mass is 322 g/mol. The predicted octanol–water partition coefficient (Wildman–Crippen LogP) is 3.61. The molecule has 1 aromatic carbocycles. The maximum Gasteiger partial charge on any atom is 0.134 e. The van der Waals surface area contributed by atoms with E-state index in [2.05, 4.69) is 39.7 Å². The molecule has 1 aliphatic rings. The molecule has 0 aliphatic carbocycles. The van der Waals surface area contributed by atoms with Gasteiger partial charge in [-0.2, -0.15) is 0 Å². The lowest BCUT2D eigenvalue weighted by atomic mass is 9.96. The number of furan rings is 1. The molecule has 24 heavy (non-hydrogen) atoms. The predicted molar refractivity (Wildman–Crippen MR) is 95.2 cm³/mol. The number of aromatic nitrogens is 2. The van der Waals surface area contributed by atoms with Gasteiger partial charge in [0.15, 0.2) is 0 Å². The third-order valence-electron chi connectivity index (χ3n) is 4.78. The Morgan fingerprint density at radius 2 is 2.21 bits per heavy atom. The summed E-state index contributed by atoms with van der Waals surface area (Å²) in [5.74, 6) is 2.29. The van der Waals surface area contributed by atoms with E-state index < -0.39 is 0 Å². The number of piperidine rings is 1. The van der Waals surface area contributed by atoms with E-state index in [0.717, 1.165) is 35.9 Å². The SMILES string of the molecule is Cc1c(CNc2cc([C@@H]3CCCNC3)ncn2)oc2ccccc12. The maximum atomic E-state index is 5.95. The zero-order chi connectivity index (χ0) is 16.4. The van der Waals surface area contributed by atoms with E-state index in [1.165, 1.54) is 23.8 Å². The Morgan fingerprint density at radius 1 is 1.29 bits per heavy atom. The lowest BCUT2D eigenvalue weighted by Crippen LogP contribution is -2.28. The molecular weight excluding hydrogens is 300 g/mol. The van der Waals surface area contributed by atoms with Crippen LogP contribution in [-0.2, 0) is 6.54 Å². The molecule has 4 rings (SSSR count). The van der Waals surface area contributed by atoms with Gasteiger partial charge in [0.2, 0.25) is 0 Å². The number of anilines is 1. The van der Waals surface area contributed by atoms with E-state index in [4.69, 9.17) is 4.42 Å². The molecule has 0 amide bonds. The number of fused-ring (bicyclic) bond motifs is 1. The van der Waals surface area contributed by atoms with E-state index in [1.807, 2.05) is 18.2 Å². The minimum absolute atomic E-state index is 0.482. The van der Waals surface area contributed by atoms with Crippen LogP contribution in [0.4, 0.5) is 5.82 Å². The fourth-order valence-electron chi connectivity index (χ4n) is 3.36. The summed E-state index contributed by atoms with van der Waals surface area (Å²) in [4.78, 5) is 8.80. The summed E-state index contributed by atoms with van der Waals surface area (Å²) in [5.41, 5.74) is 3.23. The van der Waals surface area contributed by atoms with Gasteiger partial charge in [0.25, 0.3) is 0 Å². The van der Waals surface area contributed by atoms with Crippen molar-refractivity contribution in [1.82, 2.24) is 15.3 Å². The van der Waals surface area contributed by atoms with Crippen molar-refractivity contribution >= 4 is 16.8 Å². The fourth-order valence-corrected chi connectivity index (χ4v) is 3.36. The van der Waals surface area contributed by atoms with Crippen LogP contribution >= 0.6 is 0 Å². The standard InChI is InChI=1S/C19H22N4O/c1-13-15-6-2-3-7-17(15)24-18(13)11-21-19-9-16(22-12-23-19)14-5-4-8-20-10-14/h2-3,6-7,9,12,14,20H,4-5,8,10-11H2,1H3,(H,21,22,23)/t14-/m1/s1. The second-order valence-corrected chi connectivity index (χ2v) is 6.37. The number of hydrogen-bond donors (Lipinski definition) is 2. The molecule has 2 aromatic heterocycles. The normalized spacial score (nSPS) is 18.0. The molecule has 1 saturated heterocycles. The first-order valence-corrected chi connectivity index (χ1v) is 8.55. The van der Waals surface area contributed by atoms with Crippen molar-refractivity contribution in [1.29, 1.82) is 0 Å². The first-order valence-electron chi connectivity index (χ1n) is 8.55. The minimum atomic E-state index is 0.482. The Morgan fingerprint density at radius 3 is 3.04 bits per heavy atom. The fraction of sp³-hybridized carbons (Fsp3) is 0.368. The van der Waals surface area contributed by atoms with Gasteiger partial charge in [-0.25, -0.2) is 9.97 Å². The minimum Gasteiger partial charge on any atom is -0.459 e. The van der Waals surface area contributed by atoms with Crippen LogP contribution < -0.4 is 10.6 Å². The number of nitrogens with one attached hydrogen (secondary N) is 2. The number of para-hydroxylation sites is 1. The zero-order valence-corrected chi connectivity index (χ0v) is 13.9. The summed E-state index contributed by atoms with van der Waals surface area (Å²) >= 11 is 0. The summed E-state index contributed by atoms with van der Waals surface area (Å²) in [6.45, 7) is 4.83. The number of rotatable bonds is 4. The highest BCUT2D eigenvalue weighted by atomic mass is 16.3. The lowest BCUT2D eigenvalue weighted by Gasteiger charge is -2.22. The van der Waals surface area contributed by atoms with Crippen LogP contribution in [-0.4, -0.2) is 23.1 Å². The summed E-state index contributed by atoms with van der Waals surface area (Å²) < 4.78 is 5.95. The Hall–Kier alpha value is -2.40. The molecule has 3 aromatic rings. The zero-order valence-electron chi connectivity index (χ0n) is 13.9. The molecule has 0 unspecified atom stereocenters. The Labute approximate surface area is 141 Å². The van der Waals surface area contributed by atoms with Crippen molar-refractivity contribution in [2.45, 2.75) is 32.2 Å². The van der Waals surface area contributed by atoms with Crippen molar-refractivity contribution in [2.24, 2.45) is 0 Å². The lowest BCUT2D eigenvalue weighted by molar-refractivity contribution is 0.454. The highest BCUT2D eigenvalue weighted by Gasteiger charge is 2.17. The summed E-state index contributed by atoms with van der Waals surface area (Å²) in [6, 6.07) is 10.2. The third kappa shape index (κ3) is 2.99. The molecule has 124 valence electrons. The quantitative estimate of drug-likeness (QED) is 0.768. The van der Waals surface area contributed by atoms with Gasteiger partial charge in [-0.05, 0) is 32.4 Å². The Kier molecular flexibility index (Phi) is 4.17. The summed E-state index contributed by atoms with van der Waals surface area (Å²) in [7, 11) is 0. The van der Waals surface area contributed by atoms with E-state index in [9.17, 15) is 0 Å². The van der Waals surface area contributed by atoms with Gasteiger partial charge in [-0.1, -0.05) is 18.2 Å². The maximum absolute atomic E-state index is 5.95. The van der Waals surface area contributed by atoms with Crippen molar-refractivity contribution < 1.29 is 4.42 Å². The smallest absolute Gasteiger partial charge is 0.134 e. The number of nitrogens with zero attached hydrogens (tertiary/aromatic N) is 2. The van der Waals surface area contributed by atoms with Crippen molar-refractivity contribution in [3.63, 3.8) is 0 Å². The molecule has 0 radical (unpaired) electrons. The molecule has 1 fully saturated rings. The van der Waals surface area contributed by atoms with Crippen LogP contribution in [0.25, 0.3) is 11.0 Å². The van der Waals surface area contributed by atoms with Gasteiger partial charge in [0, 0.05) is 29.5 Å². The molecule has 1 atom stereocenters. The van der Waals surface area contributed by atoms with Crippen molar-refractivity contribution in [3.8, 4) is 0 Å². The van der Waals surface area contributed by atoms with Crippen LogP contribution in [0.2, 0.25) is 0 Å². The largest absolute Gasteiger partial charge is 0.459 e. The van der Waals surface area contributed by atoms with Crippen LogP contribution in [0.15, 0.2) is 41.1 Å². The Bertz CT molecular complexity index is 836. The molecule has 0 saturated carbocycles. The third-order valence-corrected chi connectivity index (χ3v) is 4.78. The van der Waals surface area contributed by atoms with Gasteiger partial charge >= 0.3 is 0 Å². The van der Waals surface area contributed by atoms with Gasteiger partial charge in [-0.3, -0.25) is 0 Å². The van der Waals surface area contributed by atoms with Crippen LogP contribution in [0.5, 0.6) is 0 Å². The van der Waals surface area contributed by atoms with Crippen molar-refractivity contribution in [2.75, 3.05) is 18.4 Å². The van der Waals surface area contributed by atoms with Crippen LogP contribution in [0.1, 0.15) is 35.8 Å². The molecule has 5 heteroatoms. The first kappa shape index (κ1) is 15.1. The van der Waals surface area contributed by atoms with Gasteiger partial charge in [0.1, 0.15) is 23.5 Å². The van der Waals surface area contributed by atoms with Gasteiger partial charge in [0.05, 0.1) is 12.2 Å². The van der Waals surface area contributed by atoms with E-state index in [1.54, 1.807) is 6.33 Å². The average Bonchev–Trinajstić information content (AvgIpc) is 2.97. The molecular formula is C19H22N4O. The topological polar surface area (TPSA) is 63.0 Å². The molecule has 5 nitrogen and oxygen atoms in total. The number of hydrogen-bond acceptors (Lipinski definition) is 5.